The molecule has 0 radical (unpaired) electrons. The number of nitrogens with zero attached hydrogens (tertiary/aromatic N) is 2. The number of para-hydroxylation sites is 1. The molecule has 2 fully saturated rings. The van der Waals surface area contributed by atoms with Crippen LogP contribution in [0.1, 0.15) is 18.4 Å². The summed E-state index contributed by atoms with van der Waals surface area (Å²) < 4.78 is 17.5. The molecule has 2 aromatic carbocycles. The number of amides is 1. The number of aryl methyl sites for hydroxylation is 1. The summed E-state index contributed by atoms with van der Waals surface area (Å²) in [4.78, 5) is 19.5. The van der Waals surface area contributed by atoms with Crippen LogP contribution in [0.2, 0.25) is 0 Å². The van der Waals surface area contributed by atoms with E-state index in [4.69, 9.17) is 19.2 Å². The molecule has 7 heteroatoms. The second kappa shape index (κ2) is 8.76. The molecule has 0 aliphatic carbocycles. The molecule has 7 nitrogen and oxygen atoms in total. The maximum atomic E-state index is 12.4. The summed E-state index contributed by atoms with van der Waals surface area (Å²) in [6.07, 6.45) is 1.65. The van der Waals surface area contributed by atoms with Gasteiger partial charge < -0.3 is 24.4 Å². The number of anilines is 2. The molecule has 5 rings (SSSR count). The molecule has 0 unspecified atom stereocenters. The molecule has 1 aromatic heterocycles. The highest BCUT2D eigenvalue weighted by Gasteiger charge is 2.40. The van der Waals surface area contributed by atoms with E-state index in [1.807, 2.05) is 61.5 Å². The molecule has 3 aromatic rings. The van der Waals surface area contributed by atoms with Gasteiger partial charge in [-0.25, -0.2) is 4.98 Å². The number of aromatic nitrogens is 1. The number of carbonyl (C=O) groups is 1. The Balaban J connectivity index is 1.28. The second-order valence-electron chi connectivity index (χ2n) is 8.30. The van der Waals surface area contributed by atoms with Gasteiger partial charge in [0.15, 0.2) is 12.4 Å². The largest absolute Gasteiger partial charge is 0.481 e. The third-order valence-corrected chi connectivity index (χ3v) is 5.99. The number of rotatable bonds is 5. The number of ether oxygens (including phenoxy) is 3. The van der Waals surface area contributed by atoms with Gasteiger partial charge >= 0.3 is 0 Å². The van der Waals surface area contributed by atoms with Crippen LogP contribution in [0, 0.1) is 6.92 Å². The van der Waals surface area contributed by atoms with Crippen molar-refractivity contribution in [2.45, 2.75) is 25.6 Å². The van der Waals surface area contributed by atoms with Crippen molar-refractivity contribution < 1.29 is 19.0 Å². The van der Waals surface area contributed by atoms with Crippen LogP contribution in [0.4, 0.5) is 11.5 Å². The van der Waals surface area contributed by atoms with E-state index in [-0.39, 0.29) is 12.5 Å². The molecule has 1 N–H and O–H groups in total. The highest BCUT2D eigenvalue weighted by Crippen LogP contribution is 2.34. The van der Waals surface area contributed by atoms with E-state index in [1.54, 1.807) is 0 Å². The summed E-state index contributed by atoms with van der Waals surface area (Å²) in [5.74, 6) is 0.874. The van der Waals surface area contributed by atoms with Crippen molar-refractivity contribution in [1.29, 1.82) is 0 Å². The topological polar surface area (TPSA) is 72.9 Å². The van der Waals surface area contributed by atoms with Crippen LogP contribution >= 0.6 is 0 Å². The number of carbonyl (C=O) groups excluding carboxylic acids is 1. The van der Waals surface area contributed by atoms with Crippen molar-refractivity contribution >= 4 is 28.3 Å². The smallest absolute Gasteiger partial charge is 0.262 e. The second-order valence-corrected chi connectivity index (χ2v) is 8.30. The fourth-order valence-corrected chi connectivity index (χ4v) is 4.33. The van der Waals surface area contributed by atoms with E-state index in [0.29, 0.717) is 19.0 Å². The Kier molecular flexibility index (Phi) is 5.68. The number of benzene rings is 2. The lowest BCUT2D eigenvalue weighted by atomic mass is 10.0. The molecule has 0 atom stereocenters. The van der Waals surface area contributed by atoms with Crippen molar-refractivity contribution in [2.24, 2.45) is 0 Å². The summed E-state index contributed by atoms with van der Waals surface area (Å²) in [5.41, 5.74) is 2.60. The lowest BCUT2D eigenvalue weighted by molar-refractivity contribution is -0.169. The molecule has 2 aliphatic heterocycles. The van der Waals surface area contributed by atoms with Crippen molar-refractivity contribution in [2.75, 3.05) is 43.1 Å². The van der Waals surface area contributed by atoms with Gasteiger partial charge in [-0.2, -0.15) is 0 Å². The lowest BCUT2D eigenvalue weighted by Crippen LogP contribution is -2.45. The molecular weight excluding hydrogens is 406 g/mol. The predicted octanol–water partition coefficient (Wildman–Crippen LogP) is 3.90. The maximum absolute atomic E-state index is 12.4. The molecule has 2 aliphatic rings. The molecule has 32 heavy (non-hydrogen) atoms. The maximum Gasteiger partial charge on any atom is 0.262 e. The Bertz CT molecular complexity index is 1120. The molecule has 2 saturated heterocycles. The molecule has 0 bridgehead atoms. The molecule has 0 saturated carbocycles. The fraction of sp³-hybridized carbons (Fsp3) is 0.360. The number of fused-ring (bicyclic) bond motifs is 1. The molecular formula is C25H27N3O4. The summed E-state index contributed by atoms with van der Waals surface area (Å²) in [6.45, 7) is 4.89. The number of pyridine rings is 1. The van der Waals surface area contributed by atoms with Gasteiger partial charge in [-0.3, -0.25) is 4.79 Å². The van der Waals surface area contributed by atoms with E-state index in [9.17, 15) is 4.79 Å². The first-order valence-electron chi connectivity index (χ1n) is 11.0. The third-order valence-electron chi connectivity index (χ3n) is 5.99. The first kappa shape index (κ1) is 20.7. The minimum absolute atomic E-state index is 0.0835. The monoisotopic (exact) mass is 433 g/mol. The predicted molar refractivity (Wildman–Crippen MR) is 123 cm³/mol. The van der Waals surface area contributed by atoms with Crippen LogP contribution in [0.5, 0.6) is 5.75 Å². The Hall–Kier alpha value is -3.16. The van der Waals surface area contributed by atoms with Gasteiger partial charge in [0.1, 0.15) is 17.1 Å². The molecule has 1 amide bonds. The average Bonchev–Trinajstić information content (AvgIpc) is 3.26. The van der Waals surface area contributed by atoms with Crippen molar-refractivity contribution in [3.05, 3.63) is 60.2 Å². The van der Waals surface area contributed by atoms with Gasteiger partial charge in [0.25, 0.3) is 5.91 Å². The van der Waals surface area contributed by atoms with E-state index >= 15 is 0 Å². The third kappa shape index (κ3) is 4.40. The Morgan fingerprint density at radius 1 is 1.09 bits per heavy atom. The fourth-order valence-electron chi connectivity index (χ4n) is 4.33. The van der Waals surface area contributed by atoms with Crippen LogP contribution in [-0.2, 0) is 14.3 Å². The van der Waals surface area contributed by atoms with Gasteiger partial charge in [0, 0.05) is 37.0 Å². The van der Waals surface area contributed by atoms with Crippen LogP contribution in [-0.4, -0.2) is 49.6 Å². The van der Waals surface area contributed by atoms with Gasteiger partial charge in [-0.1, -0.05) is 24.3 Å². The highest BCUT2D eigenvalue weighted by atomic mass is 16.7. The number of hydrogen-bond acceptors (Lipinski definition) is 6. The van der Waals surface area contributed by atoms with Gasteiger partial charge in [-0.05, 0) is 42.8 Å². The zero-order valence-electron chi connectivity index (χ0n) is 18.2. The zero-order chi connectivity index (χ0) is 22.0. The van der Waals surface area contributed by atoms with Gasteiger partial charge in [0.05, 0.1) is 13.2 Å². The van der Waals surface area contributed by atoms with E-state index in [2.05, 4.69) is 10.2 Å². The van der Waals surface area contributed by atoms with E-state index in [0.717, 1.165) is 53.9 Å². The number of nitrogens with one attached hydrogen (secondary N) is 1. The van der Waals surface area contributed by atoms with E-state index < -0.39 is 5.79 Å². The number of piperidine rings is 1. The minimum Gasteiger partial charge on any atom is -0.481 e. The average molecular weight is 434 g/mol. The number of hydrogen-bond donors (Lipinski definition) is 1. The SMILES string of the molecule is Cc1cccc(NC(=O)COc2cccc3ccc(N4CCC5(CC4)OCCO5)nc23)c1. The highest BCUT2D eigenvalue weighted by molar-refractivity contribution is 5.92. The quantitative estimate of drug-likeness (QED) is 0.658. The first-order chi connectivity index (χ1) is 15.6. The van der Waals surface area contributed by atoms with Crippen LogP contribution < -0.4 is 15.0 Å². The summed E-state index contributed by atoms with van der Waals surface area (Å²) in [6, 6.07) is 17.5. The van der Waals surface area contributed by atoms with Crippen LogP contribution in [0.25, 0.3) is 10.9 Å². The Morgan fingerprint density at radius 3 is 2.66 bits per heavy atom. The summed E-state index contributed by atoms with van der Waals surface area (Å²) in [5, 5.41) is 3.85. The summed E-state index contributed by atoms with van der Waals surface area (Å²) in [7, 11) is 0. The molecule has 166 valence electrons. The lowest BCUT2D eigenvalue weighted by Gasteiger charge is -2.38. The van der Waals surface area contributed by atoms with E-state index in [1.165, 1.54) is 0 Å². The van der Waals surface area contributed by atoms with Crippen LogP contribution in [0.15, 0.2) is 54.6 Å². The van der Waals surface area contributed by atoms with Gasteiger partial charge in [-0.15, -0.1) is 0 Å². The zero-order valence-corrected chi connectivity index (χ0v) is 18.2. The Labute approximate surface area is 187 Å². The summed E-state index contributed by atoms with van der Waals surface area (Å²) >= 11 is 0. The standard InChI is InChI=1S/C25H27N3O4/c1-18-4-2-6-20(16-18)26-23(29)17-30-21-7-3-5-19-8-9-22(27-24(19)21)28-12-10-25(11-13-28)31-14-15-32-25/h2-9,16H,10-15,17H2,1H3,(H,26,29). The minimum atomic E-state index is -0.410. The van der Waals surface area contributed by atoms with Gasteiger partial charge in [0.2, 0.25) is 0 Å². The Morgan fingerprint density at radius 2 is 1.88 bits per heavy atom. The molecule has 1 spiro atoms. The van der Waals surface area contributed by atoms with Crippen molar-refractivity contribution in [3.63, 3.8) is 0 Å². The first-order valence-corrected chi connectivity index (χ1v) is 11.0. The van der Waals surface area contributed by atoms with Crippen LogP contribution in [0.3, 0.4) is 0 Å². The normalized spacial score (nSPS) is 17.6. The van der Waals surface area contributed by atoms with Crippen molar-refractivity contribution in [1.82, 2.24) is 4.98 Å². The molecule has 3 heterocycles. The van der Waals surface area contributed by atoms with Crippen molar-refractivity contribution in [3.8, 4) is 5.75 Å².